The summed E-state index contributed by atoms with van der Waals surface area (Å²) in [6.07, 6.45) is 17.0. The number of fused-ring (bicyclic) bond motifs is 5. The van der Waals surface area contributed by atoms with E-state index in [1.54, 1.807) is 12.5 Å². The molecule has 3 saturated carbocycles. The van der Waals surface area contributed by atoms with Crippen molar-refractivity contribution in [3.8, 4) is 0 Å². The van der Waals surface area contributed by atoms with Crippen LogP contribution in [0.15, 0.2) is 11.6 Å². The second kappa shape index (κ2) is 12.9. The van der Waals surface area contributed by atoms with E-state index in [4.69, 9.17) is 10.2 Å². The zero-order valence-electron chi connectivity index (χ0n) is 25.0. The van der Waals surface area contributed by atoms with Gasteiger partial charge < -0.3 is 15.3 Å². The molecule has 0 amide bonds. The number of aliphatic hydroxyl groups is 1. The van der Waals surface area contributed by atoms with E-state index in [-0.39, 0.29) is 24.9 Å². The molecule has 4 rings (SSSR count). The molecule has 0 bridgehead atoms. The zero-order valence-corrected chi connectivity index (χ0v) is 25.0. The van der Waals surface area contributed by atoms with Crippen LogP contribution in [-0.2, 0) is 9.59 Å². The third-order valence-electron chi connectivity index (χ3n) is 11.3. The number of carboxylic acids is 2. The molecule has 38 heavy (non-hydrogen) atoms. The molecule has 0 aromatic carbocycles. The molecule has 5 heteroatoms. The van der Waals surface area contributed by atoms with Crippen LogP contribution in [0, 0.1) is 52.3 Å². The van der Waals surface area contributed by atoms with Crippen molar-refractivity contribution >= 4 is 11.9 Å². The summed E-state index contributed by atoms with van der Waals surface area (Å²) in [6, 6.07) is 0. The standard InChI is InChI=1S/C27H46O.C6H10O4/c1-18(2)7-6-8-19(3)23-11-12-24-22-10-9-20-17-21(28)13-15-26(20,4)25(22)14-16-27(23,24)5;1-4(2-5(7)8)3-6(9)10/h9,18-19,21-25,28H,6-8,10-17H2,1-5H3;4H,2-3H2,1H3,(H,7,8)(H,9,10)/t19-,21+,22+,23-,24+,25+,26+,27-;/m1./s1. The highest BCUT2D eigenvalue weighted by molar-refractivity contribution is 5.70. The monoisotopic (exact) mass is 532 g/mol. The number of aliphatic hydroxyl groups excluding tert-OH is 1. The molecule has 0 spiro atoms. The number of aliphatic carboxylic acids is 2. The third kappa shape index (κ3) is 7.04. The maximum absolute atomic E-state index is 10.2. The first-order chi connectivity index (χ1) is 17.8. The summed E-state index contributed by atoms with van der Waals surface area (Å²) in [5.74, 6) is 3.27. The number of carboxylic acid groups (broad SMARTS) is 2. The van der Waals surface area contributed by atoms with Crippen molar-refractivity contribution in [1.82, 2.24) is 0 Å². The Bertz CT molecular complexity index is 832. The highest BCUT2D eigenvalue weighted by atomic mass is 16.4. The van der Waals surface area contributed by atoms with Gasteiger partial charge in [-0.25, -0.2) is 0 Å². The fourth-order valence-corrected chi connectivity index (χ4v) is 9.33. The van der Waals surface area contributed by atoms with Gasteiger partial charge in [-0.3, -0.25) is 9.59 Å². The van der Waals surface area contributed by atoms with E-state index in [0.717, 1.165) is 48.3 Å². The molecule has 4 aliphatic rings. The van der Waals surface area contributed by atoms with Crippen LogP contribution in [0.25, 0.3) is 0 Å². The summed E-state index contributed by atoms with van der Waals surface area (Å²) in [7, 11) is 0. The Kier molecular flexibility index (Phi) is 10.6. The van der Waals surface area contributed by atoms with Gasteiger partial charge in [0.15, 0.2) is 0 Å². The van der Waals surface area contributed by atoms with E-state index >= 15 is 0 Å². The molecule has 0 unspecified atom stereocenters. The highest BCUT2D eigenvalue weighted by Gasteiger charge is 2.59. The van der Waals surface area contributed by atoms with Crippen molar-refractivity contribution < 1.29 is 24.9 Å². The summed E-state index contributed by atoms with van der Waals surface area (Å²) in [5, 5.41) is 26.6. The first-order valence-electron chi connectivity index (χ1n) is 15.6. The SMILES string of the molecule is CC(C)CCC[C@@H](C)[C@H]1CC[C@H]2[C@@H]3CC=C4C[C@@H](O)CC[C@]4(C)[C@H]3CC[C@]12C.CC(CC(=O)O)CC(=O)O. The van der Waals surface area contributed by atoms with Crippen LogP contribution in [0.1, 0.15) is 125 Å². The molecule has 4 aliphatic carbocycles. The molecule has 3 N–H and O–H groups in total. The van der Waals surface area contributed by atoms with Crippen molar-refractivity contribution in [3.63, 3.8) is 0 Å². The second-order valence-electron chi connectivity index (χ2n) is 14.5. The molecular weight excluding hydrogens is 476 g/mol. The number of hydrogen-bond acceptors (Lipinski definition) is 3. The summed E-state index contributed by atoms with van der Waals surface area (Å²) >= 11 is 0. The quantitative estimate of drug-likeness (QED) is 0.262. The van der Waals surface area contributed by atoms with Crippen LogP contribution in [0.2, 0.25) is 0 Å². The topological polar surface area (TPSA) is 94.8 Å². The minimum absolute atomic E-state index is 0.0766. The van der Waals surface area contributed by atoms with Gasteiger partial charge in [-0.15, -0.1) is 0 Å². The molecule has 218 valence electrons. The van der Waals surface area contributed by atoms with E-state index in [9.17, 15) is 14.7 Å². The van der Waals surface area contributed by atoms with Crippen molar-refractivity contribution in [2.45, 2.75) is 131 Å². The molecule has 0 aromatic heterocycles. The third-order valence-corrected chi connectivity index (χ3v) is 11.3. The lowest BCUT2D eigenvalue weighted by Crippen LogP contribution is -2.50. The normalized spacial score (nSPS) is 36.9. The van der Waals surface area contributed by atoms with Gasteiger partial charge in [0, 0.05) is 12.8 Å². The molecule has 0 aromatic rings. The number of allylic oxidation sites excluding steroid dienone is 1. The molecule has 0 saturated heterocycles. The van der Waals surface area contributed by atoms with Gasteiger partial charge in [-0.05, 0) is 104 Å². The lowest BCUT2D eigenvalue weighted by Gasteiger charge is -2.58. The number of rotatable bonds is 9. The van der Waals surface area contributed by atoms with Crippen molar-refractivity contribution in [1.29, 1.82) is 0 Å². The highest BCUT2D eigenvalue weighted by Crippen LogP contribution is 2.67. The lowest BCUT2D eigenvalue weighted by atomic mass is 9.47. The zero-order chi connectivity index (χ0) is 28.3. The van der Waals surface area contributed by atoms with E-state index < -0.39 is 11.9 Å². The molecule has 0 radical (unpaired) electrons. The molecule has 0 heterocycles. The van der Waals surface area contributed by atoms with Crippen LogP contribution >= 0.6 is 0 Å². The first kappa shape index (κ1) is 31.2. The largest absolute Gasteiger partial charge is 0.481 e. The molecule has 5 nitrogen and oxygen atoms in total. The first-order valence-corrected chi connectivity index (χ1v) is 15.6. The molecular formula is C33H56O5. The number of hydrogen-bond donors (Lipinski definition) is 3. The van der Waals surface area contributed by atoms with E-state index in [1.807, 2.05) is 0 Å². The van der Waals surface area contributed by atoms with Crippen LogP contribution in [0.5, 0.6) is 0 Å². The molecule has 8 atom stereocenters. The predicted molar refractivity (Wildman–Crippen MR) is 153 cm³/mol. The predicted octanol–water partition coefficient (Wildman–Crippen LogP) is 7.96. The van der Waals surface area contributed by atoms with Crippen LogP contribution in [0.4, 0.5) is 0 Å². The van der Waals surface area contributed by atoms with Crippen molar-refractivity contribution in [2.75, 3.05) is 0 Å². The van der Waals surface area contributed by atoms with Gasteiger partial charge in [0.05, 0.1) is 6.10 Å². The summed E-state index contributed by atoms with van der Waals surface area (Å²) in [5.41, 5.74) is 2.60. The van der Waals surface area contributed by atoms with Crippen molar-refractivity contribution in [3.05, 3.63) is 11.6 Å². The number of carbonyl (C=O) groups is 2. The van der Waals surface area contributed by atoms with Gasteiger partial charge in [0.1, 0.15) is 0 Å². The maximum atomic E-state index is 10.2. The Hall–Kier alpha value is -1.36. The van der Waals surface area contributed by atoms with E-state index in [1.165, 1.54) is 57.8 Å². The fourth-order valence-electron chi connectivity index (χ4n) is 9.33. The van der Waals surface area contributed by atoms with E-state index in [2.05, 4.69) is 40.7 Å². The Morgan fingerprint density at radius 3 is 2.18 bits per heavy atom. The van der Waals surface area contributed by atoms with Crippen LogP contribution in [-0.4, -0.2) is 33.4 Å². The summed E-state index contributed by atoms with van der Waals surface area (Å²) < 4.78 is 0. The van der Waals surface area contributed by atoms with Gasteiger partial charge in [0.2, 0.25) is 0 Å². The Labute approximate surface area is 231 Å². The Balaban J connectivity index is 0.000000342. The Morgan fingerprint density at radius 2 is 1.58 bits per heavy atom. The average molecular weight is 533 g/mol. The lowest BCUT2D eigenvalue weighted by molar-refractivity contribution is -0.140. The van der Waals surface area contributed by atoms with Crippen molar-refractivity contribution in [2.24, 2.45) is 52.3 Å². The van der Waals surface area contributed by atoms with Gasteiger partial charge in [-0.1, -0.05) is 72.5 Å². The minimum atomic E-state index is -0.950. The average Bonchev–Trinajstić information content (AvgIpc) is 3.16. The minimum Gasteiger partial charge on any atom is -0.481 e. The van der Waals surface area contributed by atoms with Gasteiger partial charge in [-0.2, -0.15) is 0 Å². The fraction of sp³-hybridized carbons (Fsp3) is 0.879. The van der Waals surface area contributed by atoms with Crippen LogP contribution < -0.4 is 0 Å². The molecule has 0 aliphatic heterocycles. The smallest absolute Gasteiger partial charge is 0.303 e. The van der Waals surface area contributed by atoms with Gasteiger partial charge >= 0.3 is 11.9 Å². The molecule has 3 fully saturated rings. The summed E-state index contributed by atoms with van der Waals surface area (Å²) in [4.78, 5) is 20.0. The second-order valence-corrected chi connectivity index (χ2v) is 14.5. The maximum Gasteiger partial charge on any atom is 0.303 e. The Morgan fingerprint density at radius 1 is 0.921 bits per heavy atom. The summed E-state index contributed by atoms with van der Waals surface area (Å²) in [6.45, 7) is 14.2. The van der Waals surface area contributed by atoms with Gasteiger partial charge in [0.25, 0.3) is 0 Å². The van der Waals surface area contributed by atoms with Crippen LogP contribution in [0.3, 0.4) is 0 Å². The van der Waals surface area contributed by atoms with E-state index in [0.29, 0.717) is 10.8 Å².